The van der Waals surface area contributed by atoms with Crippen LogP contribution in [0.4, 0.5) is 17.6 Å². The lowest BCUT2D eigenvalue weighted by molar-refractivity contribution is -0.137. The summed E-state index contributed by atoms with van der Waals surface area (Å²) < 4.78 is 58.6. The Hall–Kier alpha value is -3.50. The van der Waals surface area contributed by atoms with E-state index in [1.165, 1.54) is 30.6 Å². The van der Waals surface area contributed by atoms with Gasteiger partial charge in [-0.15, -0.1) is 4.80 Å². The van der Waals surface area contributed by atoms with Crippen LogP contribution in [0.5, 0.6) is 5.88 Å². The van der Waals surface area contributed by atoms with E-state index >= 15 is 0 Å². The Balaban J connectivity index is 1.55. The summed E-state index contributed by atoms with van der Waals surface area (Å²) in [6.07, 6.45) is -0.315. The topological polar surface area (TPSA) is 73.1 Å². The van der Waals surface area contributed by atoms with Gasteiger partial charge in [0, 0.05) is 18.8 Å². The summed E-state index contributed by atoms with van der Waals surface area (Å²) in [4.78, 5) is 19.7. The maximum atomic E-state index is 14.5. The molecule has 32 heavy (non-hydrogen) atoms. The maximum Gasteiger partial charge on any atom is 0.417 e. The van der Waals surface area contributed by atoms with Gasteiger partial charge < -0.3 is 9.64 Å². The first-order valence-electron chi connectivity index (χ1n) is 9.92. The zero-order valence-corrected chi connectivity index (χ0v) is 17.0. The van der Waals surface area contributed by atoms with Gasteiger partial charge in [-0.25, -0.2) is 9.37 Å². The Morgan fingerprint density at radius 3 is 2.56 bits per heavy atom. The molecule has 11 heteroatoms. The van der Waals surface area contributed by atoms with Crippen molar-refractivity contribution >= 4 is 5.91 Å². The molecule has 2 aromatic heterocycles. The molecule has 2 atom stereocenters. The molecule has 3 heterocycles. The highest BCUT2D eigenvalue weighted by Gasteiger charge is 2.35. The number of amides is 1. The van der Waals surface area contributed by atoms with Gasteiger partial charge in [0.1, 0.15) is 11.8 Å². The number of likely N-dealkylation sites (tertiary alicyclic amines) is 1. The average molecular weight is 449 g/mol. The van der Waals surface area contributed by atoms with Gasteiger partial charge in [-0.1, -0.05) is 6.07 Å². The quantitative estimate of drug-likeness (QED) is 0.565. The fraction of sp³-hybridized carbons (Fsp3) is 0.333. The molecule has 1 amide bonds. The van der Waals surface area contributed by atoms with Crippen molar-refractivity contribution < 1.29 is 27.1 Å². The van der Waals surface area contributed by atoms with Crippen molar-refractivity contribution in [1.82, 2.24) is 24.9 Å². The van der Waals surface area contributed by atoms with Crippen LogP contribution in [0.2, 0.25) is 0 Å². The van der Waals surface area contributed by atoms with E-state index in [0.29, 0.717) is 25.6 Å². The average Bonchev–Trinajstić information content (AvgIpc) is 3.29. The predicted molar refractivity (Wildman–Crippen MR) is 105 cm³/mol. The number of alkyl halides is 3. The zero-order valence-electron chi connectivity index (χ0n) is 17.0. The summed E-state index contributed by atoms with van der Waals surface area (Å²) in [5.41, 5.74) is -0.826. The monoisotopic (exact) mass is 449 g/mol. The van der Waals surface area contributed by atoms with Gasteiger partial charge in [0.05, 0.1) is 29.6 Å². The van der Waals surface area contributed by atoms with Crippen molar-refractivity contribution in [2.24, 2.45) is 0 Å². The number of hydrogen-bond acceptors (Lipinski definition) is 5. The van der Waals surface area contributed by atoms with E-state index in [-0.39, 0.29) is 17.1 Å². The van der Waals surface area contributed by atoms with Crippen LogP contribution in [0, 0.1) is 5.82 Å². The fourth-order valence-electron chi connectivity index (χ4n) is 3.70. The number of aromatic nitrogens is 4. The summed E-state index contributed by atoms with van der Waals surface area (Å²) in [7, 11) is 0. The first-order valence-corrected chi connectivity index (χ1v) is 9.92. The summed E-state index contributed by atoms with van der Waals surface area (Å²) in [6, 6.07) is 5.78. The lowest BCUT2D eigenvalue weighted by atomic mass is 9.98. The Morgan fingerprint density at radius 2 is 1.91 bits per heavy atom. The number of para-hydroxylation sites is 1. The molecule has 168 valence electrons. The number of nitrogens with zero attached hydrogens (tertiary/aromatic N) is 5. The number of carbonyl (C=O) groups excluding carboxylic acids is 1. The van der Waals surface area contributed by atoms with Crippen LogP contribution in [0.25, 0.3) is 5.69 Å². The SMILES string of the molecule is C[C@H]1[C@H](Oc2ccc(C(F)(F)F)cn2)CCCN1C(=O)c1cccc(F)c1-n1nccn1. The van der Waals surface area contributed by atoms with E-state index in [4.69, 9.17) is 4.74 Å². The summed E-state index contributed by atoms with van der Waals surface area (Å²) in [6.45, 7) is 2.19. The number of halogens is 4. The van der Waals surface area contributed by atoms with Gasteiger partial charge in [0.2, 0.25) is 5.88 Å². The van der Waals surface area contributed by atoms with Gasteiger partial charge in [-0.2, -0.15) is 23.4 Å². The van der Waals surface area contributed by atoms with E-state index in [1.54, 1.807) is 11.8 Å². The number of rotatable bonds is 4. The second-order valence-electron chi connectivity index (χ2n) is 7.38. The van der Waals surface area contributed by atoms with Crippen LogP contribution < -0.4 is 4.74 Å². The van der Waals surface area contributed by atoms with Crippen LogP contribution in [-0.2, 0) is 6.18 Å². The minimum atomic E-state index is -4.49. The Bertz CT molecular complexity index is 1090. The first-order chi connectivity index (χ1) is 15.3. The summed E-state index contributed by atoms with van der Waals surface area (Å²) in [5, 5.41) is 7.86. The number of ether oxygens (including phenoxy) is 1. The molecule has 1 aromatic carbocycles. The number of piperidine rings is 1. The molecule has 4 rings (SSSR count). The third kappa shape index (κ3) is 4.27. The van der Waals surface area contributed by atoms with Crippen LogP contribution >= 0.6 is 0 Å². The number of pyridine rings is 1. The van der Waals surface area contributed by atoms with Crippen molar-refractivity contribution in [1.29, 1.82) is 0 Å². The van der Waals surface area contributed by atoms with Gasteiger partial charge in [0.25, 0.3) is 5.91 Å². The van der Waals surface area contributed by atoms with E-state index < -0.39 is 35.6 Å². The standard InChI is InChI=1S/C21H19F4N5O2/c1-13-17(32-18-8-7-14(12-26-18)21(23,24)25)6-3-11-29(13)20(31)15-4-2-5-16(22)19(15)30-27-9-10-28-30/h2,4-5,7-10,12-13,17H,3,6,11H2,1H3/t13-,17+/m0/s1. The second kappa shape index (κ2) is 8.56. The van der Waals surface area contributed by atoms with E-state index in [0.717, 1.165) is 16.9 Å². The second-order valence-corrected chi connectivity index (χ2v) is 7.38. The first kappa shape index (κ1) is 21.7. The molecule has 0 saturated carbocycles. The molecule has 0 aliphatic carbocycles. The number of carbonyl (C=O) groups is 1. The highest BCUT2D eigenvalue weighted by Crippen LogP contribution is 2.30. The molecular weight excluding hydrogens is 430 g/mol. The van der Waals surface area contributed by atoms with Gasteiger partial charge in [0.15, 0.2) is 5.82 Å². The van der Waals surface area contributed by atoms with Crippen molar-refractivity contribution in [3.05, 3.63) is 65.9 Å². The van der Waals surface area contributed by atoms with Gasteiger partial charge in [-0.3, -0.25) is 4.79 Å². The van der Waals surface area contributed by atoms with Crippen LogP contribution in [0.3, 0.4) is 0 Å². The fourth-order valence-corrected chi connectivity index (χ4v) is 3.70. The number of benzene rings is 1. The molecule has 3 aromatic rings. The Labute approximate surface area is 180 Å². The molecule has 1 saturated heterocycles. The largest absolute Gasteiger partial charge is 0.472 e. The third-order valence-electron chi connectivity index (χ3n) is 5.35. The zero-order chi connectivity index (χ0) is 22.9. The lowest BCUT2D eigenvalue weighted by Gasteiger charge is -2.39. The lowest BCUT2D eigenvalue weighted by Crippen LogP contribution is -2.51. The molecule has 1 fully saturated rings. The van der Waals surface area contributed by atoms with E-state index in [9.17, 15) is 22.4 Å². The molecule has 0 spiro atoms. The Kier molecular flexibility index (Phi) is 5.81. The van der Waals surface area contributed by atoms with Gasteiger partial charge >= 0.3 is 6.18 Å². The molecule has 0 radical (unpaired) electrons. The Morgan fingerprint density at radius 1 is 1.16 bits per heavy atom. The molecule has 1 aliphatic rings. The maximum absolute atomic E-state index is 14.5. The summed E-state index contributed by atoms with van der Waals surface area (Å²) >= 11 is 0. The molecule has 7 nitrogen and oxygen atoms in total. The predicted octanol–water partition coefficient (Wildman–Crippen LogP) is 3.89. The van der Waals surface area contributed by atoms with Crippen molar-refractivity contribution in [2.45, 2.75) is 38.1 Å². The van der Waals surface area contributed by atoms with Crippen LogP contribution in [-0.4, -0.2) is 49.5 Å². The molecular formula is C21H19F4N5O2. The molecule has 0 N–H and O–H groups in total. The molecule has 0 bridgehead atoms. The van der Waals surface area contributed by atoms with E-state index in [2.05, 4.69) is 15.2 Å². The highest BCUT2D eigenvalue weighted by molar-refractivity contribution is 5.98. The normalized spacial score (nSPS) is 19.1. The third-order valence-corrected chi connectivity index (χ3v) is 5.35. The number of hydrogen-bond donors (Lipinski definition) is 0. The van der Waals surface area contributed by atoms with Crippen molar-refractivity contribution in [3.63, 3.8) is 0 Å². The van der Waals surface area contributed by atoms with Crippen molar-refractivity contribution in [2.75, 3.05) is 6.54 Å². The minimum Gasteiger partial charge on any atom is -0.472 e. The van der Waals surface area contributed by atoms with Crippen LogP contribution in [0.15, 0.2) is 48.9 Å². The molecule has 0 unspecified atom stereocenters. The van der Waals surface area contributed by atoms with Crippen molar-refractivity contribution in [3.8, 4) is 11.6 Å². The smallest absolute Gasteiger partial charge is 0.417 e. The van der Waals surface area contributed by atoms with Gasteiger partial charge in [-0.05, 0) is 38.0 Å². The minimum absolute atomic E-state index is 0.0383. The van der Waals surface area contributed by atoms with E-state index in [1.807, 2.05) is 0 Å². The highest BCUT2D eigenvalue weighted by atomic mass is 19.4. The molecule has 1 aliphatic heterocycles. The summed E-state index contributed by atoms with van der Waals surface area (Å²) in [5.74, 6) is -1.02. The van der Waals surface area contributed by atoms with Crippen LogP contribution in [0.1, 0.15) is 35.7 Å².